The molecule has 0 saturated carbocycles. The van der Waals surface area contributed by atoms with Crippen LogP contribution in [-0.2, 0) is 18.8 Å². The first-order chi connectivity index (χ1) is 13.5. The zero-order chi connectivity index (χ0) is 21.2. The van der Waals surface area contributed by atoms with E-state index in [0.717, 1.165) is 18.2 Å². The topological polar surface area (TPSA) is 6.48 Å². The third kappa shape index (κ3) is 5.44. The van der Waals surface area contributed by atoms with Gasteiger partial charge in [-0.15, -0.1) is 0 Å². The van der Waals surface area contributed by atoms with Gasteiger partial charge in [-0.05, 0) is 43.2 Å². The van der Waals surface area contributed by atoms with Crippen molar-refractivity contribution in [2.45, 2.75) is 31.7 Å². The Labute approximate surface area is 165 Å². The molecule has 1 aliphatic heterocycles. The second-order valence-corrected chi connectivity index (χ2v) is 7.32. The normalized spacial score (nSPS) is 17.4. The summed E-state index contributed by atoms with van der Waals surface area (Å²) in [7, 11) is 0. The fourth-order valence-electron chi connectivity index (χ4n) is 3.64. The van der Waals surface area contributed by atoms with Crippen molar-refractivity contribution in [3.05, 3.63) is 65.2 Å². The Morgan fingerprint density at radius 1 is 0.793 bits per heavy atom. The van der Waals surface area contributed by atoms with Crippen LogP contribution >= 0.6 is 0 Å². The van der Waals surface area contributed by atoms with E-state index in [1.165, 1.54) is 18.2 Å². The van der Waals surface area contributed by atoms with E-state index in [0.29, 0.717) is 43.9 Å². The largest absolute Gasteiger partial charge is 0.416 e. The van der Waals surface area contributed by atoms with Gasteiger partial charge in [-0.3, -0.25) is 4.90 Å². The minimum absolute atomic E-state index is 0.0298. The van der Waals surface area contributed by atoms with Crippen molar-refractivity contribution in [2.75, 3.05) is 31.1 Å². The molecule has 0 bridgehead atoms. The van der Waals surface area contributed by atoms with Gasteiger partial charge in [0.2, 0.25) is 0 Å². The molecule has 0 N–H and O–H groups in total. The second-order valence-electron chi connectivity index (χ2n) is 7.32. The van der Waals surface area contributed by atoms with Gasteiger partial charge in [0.15, 0.2) is 0 Å². The molecule has 2 aromatic carbocycles. The molecule has 29 heavy (non-hydrogen) atoms. The van der Waals surface area contributed by atoms with E-state index in [-0.39, 0.29) is 6.04 Å². The summed E-state index contributed by atoms with van der Waals surface area (Å²) < 4.78 is 77.4. The molecular weight excluding hydrogens is 394 g/mol. The summed E-state index contributed by atoms with van der Waals surface area (Å²) in [6, 6.07) is 10.6. The standard InChI is InChI=1S/C21H22F6N2/c1-15(12-16-4-2-5-17(13-16)20(22,23)24)28-8-10-29(11-9-28)19-7-3-6-18(14-19)21(25,26)27/h2-7,13-15H,8-12H2,1H3/t15-/m1/s1. The van der Waals surface area contributed by atoms with Crippen LogP contribution in [0, 0.1) is 0 Å². The zero-order valence-corrected chi connectivity index (χ0v) is 15.9. The van der Waals surface area contributed by atoms with Gasteiger partial charge in [-0.25, -0.2) is 0 Å². The molecule has 0 aliphatic carbocycles. The Morgan fingerprint density at radius 2 is 1.34 bits per heavy atom. The molecule has 3 rings (SSSR count). The second kappa shape index (κ2) is 8.26. The number of benzene rings is 2. The maximum absolute atomic E-state index is 12.9. The van der Waals surface area contributed by atoms with Crippen molar-refractivity contribution in [3.8, 4) is 0 Å². The summed E-state index contributed by atoms with van der Waals surface area (Å²) in [6.45, 7) is 4.36. The van der Waals surface area contributed by atoms with Gasteiger partial charge in [0, 0.05) is 37.9 Å². The molecule has 1 fully saturated rings. The highest BCUT2D eigenvalue weighted by atomic mass is 19.4. The van der Waals surface area contributed by atoms with Crippen LogP contribution in [0.5, 0.6) is 0 Å². The molecule has 0 aromatic heterocycles. The Balaban J connectivity index is 1.60. The zero-order valence-electron chi connectivity index (χ0n) is 15.9. The van der Waals surface area contributed by atoms with Crippen molar-refractivity contribution in [1.29, 1.82) is 0 Å². The monoisotopic (exact) mass is 416 g/mol. The molecule has 1 aliphatic rings. The first-order valence-corrected chi connectivity index (χ1v) is 9.36. The van der Waals surface area contributed by atoms with E-state index in [9.17, 15) is 26.3 Å². The number of anilines is 1. The predicted octanol–water partition coefficient (Wildman–Crippen LogP) is 5.48. The van der Waals surface area contributed by atoms with E-state index >= 15 is 0 Å². The van der Waals surface area contributed by atoms with Crippen LogP contribution in [0.15, 0.2) is 48.5 Å². The van der Waals surface area contributed by atoms with Crippen LogP contribution in [0.25, 0.3) is 0 Å². The number of alkyl halides is 6. The van der Waals surface area contributed by atoms with E-state index in [1.807, 2.05) is 11.8 Å². The molecule has 158 valence electrons. The highest BCUT2D eigenvalue weighted by Gasteiger charge is 2.32. The number of hydrogen-bond donors (Lipinski definition) is 0. The quantitative estimate of drug-likeness (QED) is 0.610. The smallest absolute Gasteiger partial charge is 0.369 e. The molecule has 2 nitrogen and oxygen atoms in total. The molecule has 0 unspecified atom stereocenters. The van der Waals surface area contributed by atoms with Crippen LogP contribution in [0.1, 0.15) is 23.6 Å². The SMILES string of the molecule is C[C@H](Cc1cccc(C(F)(F)F)c1)N1CCN(c2cccc(C(F)(F)F)c2)CC1. The lowest BCUT2D eigenvalue weighted by atomic mass is 10.0. The van der Waals surface area contributed by atoms with Gasteiger partial charge < -0.3 is 4.90 Å². The maximum atomic E-state index is 12.9. The lowest BCUT2D eigenvalue weighted by molar-refractivity contribution is -0.138. The lowest BCUT2D eigenvalue weighted by Gasteiger charge is -2.39. The van der Waals surface area contributed by atoms with E-state index in [2.05, 4.69) is 4.90 Å². The van der Waals surface area contributed by atoms with Gasteiger partial charge in [-0.2, -0.15) is 26.3 Å². The van der Waals surface area contributed by atoms with Crippen molar-refractivity contribution in [3.63, 3.8) is 0 Å². The number of rotatable bonds is 4. The van der Waals surface area contributed by atoms with E-state index in [1.54, 1.807) is 12.1 Å². The fraction of sp³-hybridized carbons (Fsp3) is 0.429. The third-order valence-electron chi connectivity index (χ3n) is 5.26. The molecular formula is C21H22F6N2. The van der Waals surface area contributed by atoms with Crippen molar-refractivity contribution < 1.29 is 26.3 Å². The van der Waals surface area contributed by atoms with Gasteiger partial charge >= 0.3 is 12.4 Å². The number of halogens is 6. The van der Waals surface area contributed by atoms with Crippen LogP contribution in [0.4, 0.5) is 32.0 Å². The summed E-state index contributed by atoms with van der Waals surface area (Å²) >= 11 is 0. The average Bonchev–Trinajstić information content (AvgIpc) is 2.67. The van der Waals surface area contributed by atoms with Gasteiger partial charge in [0.1, 0.15) is 0 Å². The first-order valence-electron chi connectivity index (χ1n) is 9.36. The van der Waals surface area contributed by atoms with Crippen molar-refractivity contribution >= 4 is 5.69 Å². The summed E-state index contributed by atoms with van der Waals surface area (Å²) in [5.41, 5.74) is -0.176. The predicted molar refractivity (Wildman–Crippen MR) is 99.8 cm³/mol. The number of hydrogen-bond acceptors (Lipinski definition) is 2. The average molecular weight is 416 g/mol. The first kappa shape index (κ1) is 21.5. The minimum Gasteiger partial charge on any atom is -0.369 e. The van der Waals surface area contributed by atoms with Gasteiger partial charge in [0.25, 0.3) is 0 Å². The molecule has 0 spiro atoms. The van der Waals surface area contributed by atoms with Crippen molar-refractivity contribution in [2.24, 2.45) is 0 Å². The third-order valence-corrected chi connectivity index (χ3v) is 5.26. The Morgan fingerprint density at radius 3 is 1.93 bits per heavy atom. The molecule has 0 amide bonds. The van der Waals surface area contributed by atoms with Gasteiger partial charge in [0.05, 0.1) is 11.1 Å². The lowest BCUT2D eigenvalue weighted by Crippen LogP contribution is -2.50. The highest BCUT2D eigenvalue weighted by Crippen LogP contribution is 2.32. The Bertz CT molecular complexity index is 822. The molecule has 2 aromatic rings. The summed E-state index contributed by atoms with van der Waals surface area (Å²) in [6.07, 6.45) is -8.26. The van der Waals surface area contributed by atoms with E-state index in [4.69, 9.17) is 0 Å². The summed E-state index contributed by atoms with van der Waals surface area (Å²) in [4.78, 5) is 4.06. The van der Waals surface area contributed by atoms with Crippen molar-refractivity contribution in [1.82, 2.24) is 4.90 Å². The van der Waals surface area contributed by atoms with Crippen LogP contribution in [0.2, 0.25) is 0 Å². The van der Waals surface area contributed by atoms with E-state index < -0.39 is 23.5 Å². The fourth-order valence-corrected chi connectivity index (χ4v) is 3.64. The Hall–Kier alpha value is -2.22. The number of piperazine rings is 1. The summed E-state index contributed by atoms with van der Waals surface area (Å²) in [5.74, 6) is 0. The minimum atomic E-state index is -4.38. The maximum Gasteiger partial charge on any atom is 0.416 e. The molecule has 0 radical (unpaired) electrons. The molecule has 1 heterocycles. The van der Waals surface area contributed by atoms with Crippen LogP contribution < -0.4 is 4.90 Å². The Kier molecular flexibility index (Phi) is 6.12. The van der Waals surface area contributed by atoms with Crippen LogP contribution in [0.3, 0.4) is 0 Å². The molecule has 1 atom stereocenters. The highest BCUT2D eigenvalue weighted by molar-refractivity contribution is 5.49. The van der Waals surface area contributed by atoms with Crippen LogP contribution in [-0.4, -0.2) is 37.1 Å². The number of nitrogens with zero attached hydrogens (tertiary/aromatic N) is 2. The molecule has 8 heteroatoms. The van der Waals surface area contributed by atoms with Gasteiger partial charge in [-0.1, -0.05) is 24.3 Å². The summed E-state index contributed by atoms with van der Waals surface area (Å²) in [5, 5.41) is 0. The molecule has 1 saturated heterocycles.